The number of rotatable bonds is 1. The van der Waals surface area contributed by atoms with E-state index in [2.05, 4.69) is 65.6 Å². The third kappa shape index (κ3) is 1.94. The zero-order valence-electron chi connectivity index (χ0n) is 10.8. The second kappa shape index (κ2) is 5.17. The van der Waals surface area contributed by atoms with Gasteiger partial charge in [-0.3, -0.25) is 4.98 Å². The normalized spacial score (nSPS) is 10.6. The molecular weight excluding hydrogens is 282 g/mol. The van der Waals surface area contributed by atoms with Crippen LogP contribution < -0.4 is 0 Å². The Morgan fingerprint density at radius 2 is 1.55 bits per heavy atom. The molecule has 0 fully saturated rings. The molecule has 0 aliphatic carbocycles. The molecule has 1 aromatic heterocycles. The summed E-state index contributed by atoms with van der Waals surface area (Å²) < 4.78 is 0. The summed E-state index contributed by atoms with van der Waals surface area (Å²) in [5.41, 5.74) is 3.54. The van der Waals surface area contributed by atoms with E-state index in [0.717, 1.165) is 5.52 Å². The molecule has 3 aromatic carbocycles. The maximum Gasteiger partial charge on any atom is 0.0237 e. The van der Waals surface area contributed by atoms with Crippen LogP contribution in [0, 0.1) is 0 Å². The van der Waals surface area contributed by atoms with Crippen LogP contribution in [0.2, 0.25) is 0 Å². The first-order valence-corrected chi connectivity index (χ1v) is 6.42. The number of para-hydroxylation sites is 1. The minimum Gasteiger partial charge on any atom is -0.288 e. The van der Waals surface area contributed by atoms with Gasteiger partial charge in [0, 0.05) is 29.1 Å². The summed E-state index contributed by atoms with van der Waals surface area (Å²) in [5, 5.41) is 3.76. The van der Waals surface area contributed by atoms with Gasteiger partial charge in [-0.1, -0.05) is 58.3 Å². The molecule has 0 radical (unpaired) electrons. The van der Waals surface area contributed by atoms with Crippen LogP contribution in [0.5, 0.6) is 0 Å². The van der Waals surface area contributed by atoms with E-state index in [1.807, 2.05) is 12.3 Å². The first-order valence-electron chi connectivity index (χ1n) is 6.42. The molecule has 0 saturated heterocycles. The third-order valence-electron chi connectivity index (χ3n) is 3.60. The Morgan fingerprint density at radius 3 is 2.50 bits per heavy atom. The molecule has 0 unspecified atom stereocenters. The summed E-state index contributed by atoms with van der Waals surface area (Å²) in [6.07, 6.45) is 1.86. The van der Waals surface area contributed by atoms with Gasteiger partial charge in [0.1, 0.15) is 0 Å². The van der Waals surface area contributed by atoms with Crippen molar-refractivity contribution >= 4 is 21.7 Å². The zero-order valence-corrected chi connectivity index (χ0v) is 12.1. The van der Waals surface area contributed by atoms with Crippen molar-refractivity contribution < 1.29 is 17.4 Å². The predicted octanol–water partition coefficient (Wildman–Crippen LogP) is 4.77. The largest absolute Gasteiger partial charge is 0.288 e. The van der Waals surface area contributed by atoms with Crippen molar-refractivity contribution in [1.29, 1.82) is 0 Å². The van der Waals surface area contributed by atoms with Gasteiger partial charge in [-0.15, -0.1) is 24.3 Å². The number of pyridine rings is 1. The van der Waals surface area contributed by atoms with Gasteiger partial charge < -0.3 is 0 Å². The summed E-state index contributed by atoms with van der Waals surface area (Å²) >= 11 is 0. The molecule has 0 aliphatic rings. The van der Waals surface area contributed by atoms with Crippen molar-refractivity contribution in [2.24, 2.45) is 0 Å². The average Bonchev–Trinajstić information content (AvgIpc) is 2.90. The Balaban J connectivity index is 0.00000121. The second-order valence-corrected chi connectivity index (χ2v) is 4.71. The standard InChI is InChI=1S/C18H12N.Cr/c1-2-8-15-13(5-1)10-11-16(15)17-9-3-6-14-7-4-12-19-18(14)17;/h1-12H;/q-1;. The molecule has 0 bridgehead atoms. The number of fused-ring (bicyclic) bond motifs is 2. The summed E-state index contributed by atoms with van der Waals surface area (Å²) in [7, 11) is 0. The van der Waals surface area contributed by atoms with Crippen LogP contribution in [0.4, 0.5) is 0 Å². The van der Waals surface area contributed by atoms with Crippen LogP contribution in [0.25, 0.3) is 32.8 Å². The van der Waals surface area contributed by atoms with Gasteiger partial charge in [0.25, 0.3) is 0 Å². The van der Waals surface area contributed by atoms with E-state index >= 15 is 0 Å². The minimum atomic E-state index is 0. The van der Waals surface area contributed by atoms with Crippen molar-refractivity contribution in [2.75, 3.05) is 0 Å². The molecule has 0 atom stereocenters. The van der Waals surface area contributed by atoms with Crippen LogP contribution in [0.15, 0.2) is 72.9 Å². The van der Waals surface area contributed by atoms with E-state index in [1.54, 1.807) is 0 Å². The first-order chi connectivity index (χ1) is 9.43. The fraction of sp³-hybridized carbons (Fsp3) is 0. The smallest absolute Gasteiger partial charge is 0.0237 e. The van der Waals surface area contributed by atoms with Gasteiger partial charge in [0.2, 0.25) is 0 Å². The van der Waals surface area contributed by atoms with Crippen molar-refractivity contribution in [1.82, 2.24) is 4.98 Å². The predicted molar refractivity (Wildman–Crippen MR) is 80.3 cm³/mol. The first kappa shape index (κ1) is 13.0. The van der Waals surface area contributed by atoms with Gasteiger partial charge in [0.15, 0.2) is 0 Å². The quantitative estimate of drug-likeness (QED) is 0.461. The van der Waals surface area contributed by atoms with Crippen molar-refractivity contribution in [3.05, 3.63) is 72.9 Å². The van der Waals surface area contributed by atoms with E-state index in [9.17, 15) is 0 Å². The van der Waals surface area contributed by atoms with E-state index in [0.29, 0.717) is 0 Å². The van der Waals surface area contributed by atoms with Gasteiger partial charge in [0.05, 0.1) is 0 Å². The average molecular weight is 294 g/mol. The molecule has 0 amide bonds. The van der Waals surface area contributed by atoms with Crippen molar-refractivity contribution in [3.8, 4) is 11.1 Å². The Hall–Kier alpha value is -2.01. The van der Waals surface area contributed by atoms with Crippen LogP contribution in [0.3, 0.4) is 0 Å². The van der Waals surface area contributed by atoms with E-state index in [1.165, 1.54) is 27.3 Å². The zero-order chi connectivity index (χ0) is 12.7. The van der Waals surface area contributed by atoms with Crippen LogP contribution in [0.1, 0.15) is 0 Å². The molecule has 0 N–H and O–H groups in total. The third-order valence-corrected chi connectivity index (χ3v) is 3.60. The number of hydrogen-bond acceptors (Lipinski definition) is 1. The van der Waals surface area contributed by atoms with Crippen LogP contribution >= 0.6 is 0 Å². The fourth-order valence-corrected chi connectivity index (χ4v) is 2.71. The minimum absolute atomic E-state index is 0. The molecule has 4 aromatic rings. The summed E-state index contributed by atoms with van der Waals surface area (Å²) in [4.78, 5) is 4.54. The van der Waals surface area contributed by atoms with Gasteiger partial charge in [-0.05, 0) is 11.5 Å². The number of hydrogen-bond donors (Lipinski definition) is 0. The second-order valence-electron chi connectivity index (χ2n) is 4.71. The molecule has 0 aliphatic heterocycles. The fourth-order valence-electron chi connectivity index (χ4n) is 2.71. The van der Waals surface area contributed by atoms with Crippen LogP contribution in [-0.4, -0.2) is 4.98 Å². The Morgan fingerprint density at radius 1 is 0.750 bits per heavy atom. The molecule has 20 heavy (non-hydrogen) atoms. The van der Waals surface area contributed by atoms with E-state index in [4.69, 9.17) is 0 Å². The molecule has 96 valence electrons. The van der Waals surface area contributed by atoms with Gasteiger partial charge in [-0.2, -0.15) is 0 Å². The summed E-state index contributed by atoms with van der Waals surface area (Å²) in [6, 6.07) is 23.3. The van der Waals surface area contributed by atoms with Gasteiger partial charge >= 0.3 is 0 Å². The number of aromatic nitrogens is 1. The van der Waals surface area contributed by atoms with Crippen LogP contribution in [-0.2, 0) is 17.4 Å². The van der Waals surface area contributed by atoms with E-state index < -0.39 is 0 Å². The molecule has 0 saturated carbocycles. The molecular formula is C18H12CrN-. The molecule has 1 nitrogen and oxygen atoms in total. The maximum absolute atomic E-state index is 4.54. The molecule has 2 heteroatoms. The Kier molecular flexibility index (Phi) is 3.36. The summed E-state index contributed by atoms with van der Waals surface area (Å²) in [6.45, 7) is 0. The Bertz CT molecular complexity index is 871. The molecule has 1 heterocycles. The molecule has 0 spiro atoms. The SMILES string of the molecule is [Cr].c1cnc2c(-[c-]3ccc4ccccc43)cccc2c1. The maximum atomic E-state index is 4.54. The van der Waals surface area contributed by atoms with Gasteiger partial charge in [-0.25, -0.2) is 0 Å². The molecule has 4 rings (SSSR count). The Labute approximate surface area is 128 Å². The van der Waals surface area contributed by atoms with Crippen molar-refractivity contribution in [3.63, 3.8) is 0 Å². The monoisotopic (exact) mass is 294 g/mol. The van der Waals surface area contributed by atoms with E-state index in [-0.39, 0.29) is 17.4 Å². The number of nitrogens with zero attached hydrogens (tertiary/aromatic N) is 1. The summed E-state index contributed by atoms with van der Waals surface area (Å²) in [5.74, 6) is 0. The number of benzene rings is 2. The van der Waals surface area contributed by atoms with Crippen molar-refractivity contribution in [2.45, 2.75) is 0 Å². The topological polar surface area (TPSA) is 12.9 Å².